The lowest BCUT2D eigenvalue weighted by atomic mass is 9.96. The van der Waals surface area contributed by atoms with Crippen LogP contribution in [-0.2, 0) is 9.53 Å². The van der Waals surface area contributed by atoms with E-state index in [2.05, 4.69) is 4.74 Å². The molecule has 17 heavy (non-hydrogen) atoms. The molecule has 0 bridgehead atoms. The Bertz CT molecular complexity index is 475. The number of Topliss-reactive ketones (excluding diaryl/α,β-unsaturated/α-hetero) is 1. The van der Waals surface area contributed by atoms with E-state index >= 15 is 0 Å². The van der Waals surface area contributed by atoms with Gasteiger partial charge in [-0.15, -0.1) is 0 Å². The second-order valence-corrected chi connectivity index (χ2v) is 3.84. The van der Waals surface area contributed by atoms with E-state index in [1.807, 2.05) is 13.8 Å². The van der Waals surface area contributed by atoms with Gasteiger partial charge < -0.3 is 9.47 Å². The van der Waals surface area contributed by atoms with Crippen molar-refractivity contribution in [3.05, 3.63) is 28.3 Å². The largest absolute Gasteiger partial charge is 0.496 e. The van der Waals surface area contributed by atoms with Crippen LogP contribution in [0.1, 0.15) is 27.0 Å². The van der Waals surface area contributed by atoms with E-state index in [0.717, 1.165) is 22.4 Å². The van der Waals surface area contributed by atoms with Gasteiger partial charge in [0.15, 0.2) is 0 Å². The van der Waals surface area contributed by atoms with Crippen molar-refractivity contribution in [3.63, 3.8) is 0 Å². The summed E-state index contributed by atoms with van der Waals surface area (Å²) < 4.78 is 9.69. The summed E-state index contributed by atoms with van der Waals surface area (Å²) in [5, 5.41) is 0. The predicted octanol–water partition coefficient (Wildman–Crippen LogP) is 1.98. The Labute approximate surface area is 101 Å². The normalized spacial score (nSPS) is 9.94. The lowest BCUT2D eigenvalue weighted by Crippen LogP contribution is -2.17. The number of benzene rings is 1. The van der Waals surface area contributed by atoms with Gasteiger partial charge in [-0.25, -0.2) is 4.79 Å². The molecule has 1 aromatic rings. The Balaban J connectivity index is 3.38. The summed E-state index contributed by atoms with van der Waals surface area (Å²) in [6.07, 6.45) is 0. The number of carbonyl (C=O) groups excluding carboxylic acids is 2. The molecule has 0 aliphatic heterocycles. The molecule has 0 saturated carbocycles. The van der Waals surface area contributed by atoms with Crippen molar-refractivity contribution in [1.82, 2.24) is 0 Å². The summed E-state index contributed by atoms with van der Waals surface area (Å²) in [5.74, 6) is -0.736. The second kappa shape index (κ2) is 4.99. The quantitative estimate of drug-likeness (QED) is 0.457. The van der Waals surface area contributed by atoms with Crippen LogP contribution in [0.15, 0.2) is 6.07 Å². The third-order valence-corrected chi connectivity index (χ3v) is 2.85. The third-order valence-electron chi connectivity index (χ3n) is 2.85. The summed E-state index contributed by atoms with van der Waals surface area (Å²) >= 11 is 0. The van der Waals surface area contributed by atoms with Crippen LogP contribution in [0.2, 0.25) is 0 Å². The molecule has 1 rings (SSSR count). The highest BCUT2D eigenvalue weighted by atomic mass is 16.5. The van der Waals surface area contributed by atoms with Crippen molar-refractivity contribution < 1.29 is 19.1 Å². The molecule has 0 spiro atoms. The van der Waals surface area contributed by atoms with Crippen LogP contribution in [0.25, 0.3) is 0 Å². The van der Waals surface area contributed by atoms with Gasteiger partial charge in [0.25, 0.3) is 5.78 Å². The second-order valence-electron chi connectivity index (χ2n) is 3.84. The van der Waals surface area contributed by atoms with E-state index < -0.39 is 11.8 Å². The minimum atomic E-state index is -0.850. The first-order valence-electron chi connectivity index (χ1n) is 5.21. The number of carbonyl (C=O) groups is 2. The smallest absolute Gasteiger partial charge is 0.379 e. The van der Waals surface area contributed by atoms with Crippen LogP contribution >= 0.6 is 0 Å². The van der Waals surface area contributed by atoms with Crippen LogP contribution < -0.4 is 4.74 Å². The molecule has 0 unspecified atom stereocenters. The predicted molar refractivity (Wildman–Crippen MR) is 63.6 cm³/mol. The minimum absolute atomic E-state index is 0.368. The maximum Gasteiger partial charge on any atom is 0.379 e. The van der Waals surface area contributed by atoms with Gasteiger partial charge in [0.05, 0.1) is 14.2 Å². The number of aryl methyl sites for hydroxylation is 1. The van der Waals surface area contributed by atoms with Crippen LogP contribution in [-0.4, -0.2) is 26.0 Å². The zero-order chi connectivity index (χ0) is 13.2. The lowest BCUT2D eigenvalue weighted by molar-refractivity contribution is -0.135. The minimum Gasteiger partial charge on any atom is -0.496 e. The van der Waals surface area contributed by atoms with E-state index in [1.54, 1.807) is 20.1 Å². The molecule has 1 aromatic carbocycles. The Morgan fingerprint density at radius 1 is 1.06 bits per heavy atom. The fourth-order valence-electron chi connectivity index (χ4n) is 1.81. The van der Waals surface area contributed by atoms with Crippen LogP contribution in [0.5, 0.6) is 5.75 Å². The summed E-state index contributed by atoms with van der Waals surface area (Å²) in [7, 11) is 2.77. The van der Waals surface area contributed by atoms with E-state index in [4.69, 9.17) is 4.74 Å². The molecular formula is C13H16O4. The zero-order valence-corrected chi connectivity index (χ0v) is 10.7. The molecule has 0 aliphatic rings. The van der Waals surface area contributed by atoms with Gasteiger partial charge in [-0.2, -0.15) is 0 Å². The number of hydrogen-bond donors (Lipinski definition) is 0. The molecule has 0 amide bonds. The van der Waals surface area contributed by atoms with Gasteiger partial charge >= 0.3 is 5.97 Å². The molecule has 0 aromatic heterocycles. The molecule has 0 heterocycles. The maximum absolute atomic E-state index is 11.8. The summed E-state index contributed by atoms with van der Waals surface area (Å²) in [6.45, 7) is 5.47. The van der Waals surface area contributed by atoms with Crippen molar-refractivity contribution in [2.75, 3.05) is 14.2 Å². The first-order valence-corrected chi connectivity index (χ1v) is 5.21. The van der Waals surface area contributed by atoms with Gasteiger partial charge in [-0.1, -0.05) is 0 Å². The number of methoxy groups -OCH3 is 2. The number of rotatable bonds is 3. The highest BCUT2D eigenvalue weighted by molar-refractivity contribution is 6.41. The number of ether oxygens (including phenoxy) is 2. The number of esters is 1. The number of ketones is 1. The molecule has 4 nitrogen and oxygen atoms in total. The monoisotopic (exact) mass is 236 g/mol. The Kier molecular flexibility index (Phi) is 3.89. The molecular weight excluding hydrogens is 220 g/mol. The van der Waals surface area contributed by atoms with Gasteiger partial charge in [0.1, 0.15) is 5.75 Å². The summed E-state index contributed by atoms with van der Waals surface area (Å²) in [5.41, 5.74) is 2.79. The maximum atomic E-state index is 11.8. The summed E-state index contributed by atoms with van der Waals surface area (Å²) in [4.78, 5) is 23.0. The first-order chi connectivity index (χ1) is 7.93. The highest BCUT2D eigenvalue weighted by Crippen LogP contribution is 2.28. The lowest BCUT2D eigenvalue weighted by Gasteiger charge is -2.14. The van der Waals surface area contributed by atoms with Crippen molar-refractivity contribution in [3.8, 4) is 5.75 Å². The molecule has 4 heteroatoms. The average molecular weight is 236 g/mol. The first kappa shape index (κ1) is 13.2. The van der Waals surface area contributed by atoms with E-state index in [1.165, 1.54) is 7.11 Å². The van der Waals surface area contributed by atoms with Crippen LogP contribution in [0.4, 0.5) is 0 Å². The molecule has 92 valence electrons. The van der Waals surface area contributed by atoms with Gasteiger partial charge in [-0.3, -0.25) is 4.79 Å². The van der Waals surface area contributed by atoms with Crippen molar-refractivity contribution >= 4 is 11.8 Å². The fourth-order valence-corrected chi connectivity index (χ4v) is 1.81. The summed E-state index contributed by atoms with van der Waals surface area (Å²) in [6, 6.07) is 1.65. The Hall–Kier alpha value is -1.84. The molecule has 0 radical (unpaired) electrons. The van der Waals surface area contributed by atoms with Gasteiger partial charge in [0, 0.05) is 5.56 Å². The van der Waals surface area contributed by atoms with E-state index in [0.29, 0.717) is 5.56 Å². The van der Waals surface area contributed by atoms with Gasteiger partial charge in [-0.05, 0) is 43.5 Å². The molecule has 0 atom stereocenters. The SMILES string of the molecule is COC(=O)C(=O)c1cc(C)c(OC)c(C)c1C. The third kappa shape index (κ3) is 2.30. The van der Waals surface area contributed by atoms with Crippen molar-refractivity contribution in [2.45, 2.75) is 20.8 Å². The van der Waals surface area contributed by atoms with Crippen molar-refractivity contribution in [2.24, 2.45) is 0 Å². The van der Waals surface area contributed by atoms with E-state index in [9.17, 15) is 9.59 Å². The average Bonchev–Trinajstić information content (AvgIpc) is 2.32. The highest BCUT2D eigenvalue weighted by Gasteiger charge is 2.22. The number of hydrogen-bond acceptors (Lipinski definition) is 4. The topological polar surface area (TPSA) is 52.6 Å². The molecule has 0 saturated heterocycles. The van der Waals surface area contributed by atoms with Crippen molar-refractivity contribution in [1.29, 1.82) is 0 Å². The fraction of sp³-hybridized carbons (Fsp3) is 0.385. The molecule has 0 fully saturated rings. The Morgan fingerprint density at radius 2 is 1.65 bits per heavy atom. The van der Waals surface area contributed by atoms with Gasteiger partial charge in [0.2, 0.25) is 0 Å². The standard InChI is InChI=1S/C13H16O4/c1-7-6-10(11(14)13(15)17-5)8(2)9(3)12(7)16-4/h6H,1-5H3. The molecule has 0 aliphatic carbocycles. The zero-order valence-electron chi connectivity index (χ0n) is 10.7. The molecule has 0 N–H and O–H groups in total. The van der Waals surface area contributed by atoms with Crippen LogP contribution in [0, 0.1) is 20.8 Å². The Morgan fingerprint density at radius 3 is 2.12 bits per heavy atom. The van der Waals surface area contributed by atoms with Crippen LogP contribution in [0.3, 0.4) is 0 Å². The van der Waals surface area contributed by atoms with E-state index in [-0.39, 0.29) is 0 Å².